The Labute approximate surface area is 163 Å². The number of fused-ring (bicyclic) bond motifs is 3. The average molecular weight is 373 g/mol. The molecule has 6 heteroatoms. The van der Waals surface area contributed by atoms with E-state index in [9.17, 15) is 4.79 Å². The van der Waals surface area contributed by atoms with Crippen LogP contribution in [0.2, 0.25) is 0 Å². The molecule has 28 heavy (non-hydrogen) atoms. The van der Waals surface area contributed by atoms with Gasteiger partial charge in [-0.05, 0) is 39.3 Å². The van der Waals surface area contributed by atoms with E-state index >= 15 is 0 Å². The molecule has 2 atom stereocenters. The molecule has 2 aliphatic heterocycles. The lowest BCUT2D eigenvalue weighted by Crippen LogP contribution is -2.34. The smallest absolute Gasteiger partial charge is 0.253 e. The van der Waals surface area contributed by atoms with Crippen LogP contribution in [0, 0.1) is 6.92 Å². The lowest BCUT2D eigenvalue weighted by atomic mass is 9.91. The lowest BCUT2D eigenvalue weighted by Gasteiger charge is -2.23. The molecule has 3 aromatic rings. The highest BCUT2D eigenvalue weighted by Gasteiger charge is 2.29. The van der Waals surface area contributed by atoms with Crippen LogP contribution < -0.4 is 10.6 Å². The largest absolute Gasteiger partial charge is 0.363 e. The molecule has 0 aliphatic carbocycles. The second kappa shape index (κ2) is 6.19. The maximum Gasteiger partial charge on any atom is 0.253 e. The van der Waals surface area contributed by atoms with Gasteiger partial charge in [-0.25, -0.2) is 9.97 Å². The minimum atomic E-state index is -0.0136. The number of carbonyl (C=O) groups is 1. The zero-order valence-corrected chi connectivity index (χ0v) is 16.3. The molecule has 1 amide bonds. The number of allylic oxidation sites excluding steroid dienone is 1. The van der Waals surface area contributed by atoms with Crippen molar-refractivity contribution < 1.29 is 4.79 Å². The quantitative estimate of drug-likeness (QED) is 0.522. The second-order valence-corrected chi connectivity index (χ2v) is 7.90. The number of nitrogens with one attached hydrogen (secondary N) is 3. The number of H-pyrrole nitrogens is 1. The van der Waals surface area contributed by atoms with Crippen molar-refractivity contribution >= 4 is 22.8 Å². The number of aromatic amines is 1. The van der Waals surface area contributed by atoms with E-state index < -0.39 is 0 Å². The molecule has 2 aliphatic rings. The molecule has 2 unspecified atom stereocenters. The minimum absolute atomic E-state index is 0.0136. The molecule has 3 N–H and O–H groups in total. The van der Waals surface area contributed by atoms with E-state index in [0.29, 0.717) is 6.54 Å². The van der Waals surface area contributed by atoms with E-state index in [4.69, 9.17) is 9.97 Å². The van der Waals surface area contributed by atoms with Crippen LogP contribution in [0.1, 0.15) is 47.9 Å². The van der Waals surface area contributed by atoms with E-state index in [1.54, 1.807) is 0 Å². The van der Waals surface area contributed by atoms with E-state index in [1.165, 1.54) is 5.57 Å². The lowest BCUT2D eigenvalue weighted by molar-refractivity contribution is 0.0940. The molecule has 2 aromatic heterocycles. The number of aromatic nitrogens is 3. The van der Waals surface area contributed by atoms with Crippen LogP contribution in [0.3, 0.4) is 0 Å². The van der Waals surface area contributed by atoms with Gasteiger partial charge in [0, 0.05) is 35.5 Å². The van der Waals surface area contributed by atoms with Crippen LogP contribution in [-0.2, 0) is 0 Å². The number of hydrogen-bond acceptors (Lipinski definition) is 4. The van der Waals surface area contributed by atoms with Gasteiger partial charge in [-0.3, -0.25) is 4.79 Å². The molecular formula is C22H23N5O. The summed E-state index contributed by atoms with van der Waals surface area (Å²) in [4.78, 5) is 25.7. The van der Waals surface area contributed by atoms with Crippen molar-refractivity contribution in [1.29, 1.82) is 0 Å². The molecule has 1 aromatic carbocycles. The summed E-state index contributed by atoms with van der Waals surface area (Å²) in [7, 11) is 0. The zero-order valence-electron chi connectivity index (χ0n) is 16.3. The summed E-state index contributed by atoms with van der Waals surface area (Å²) in [5.74, 6) is 1.02. The molecule has 0 spiro atoms. The summed E-state index contributed by atoms with van der Waals surface area (Å²) in [6.45, 7) is 6.90. The first-order chi connectivity index (χ1) is 13.5. The van der Waals surface area contributed by atoms with Crippen LogP contribution in [0.15, 0.2) is 35.9 Å². The molecule has 6 nitrogen and oxygen atoms in total. The summed E-state index contributed by atoms with van der Waals surface area (Å²) < 4.78 is 0. The molecule has 4 heterocycles. The zero-order chi connectivity index (χ0) is 19.4. The van der Waals surface area contributed by atoms with Crippen molar-refractivity contribution in [2.75, 3.05) is 11.9 Å². The summed E-state index contributed by atoms with van der Waals surface area (Å²) in [5, 5.41) is 6.54. The Bertz CT molecular complexity index is 1140. The summed E-state index contributed by atoms with van der Waals surface area (Å²) in [6.07, 6.45) is 3.13. The first-order valence-electron chi connectivity index (χ1n) is 9.72. The van der Waals surface area contributed by atoms with Crippen molar-refractivity contribution in [3.05, 3.63) is 52.9 Å². The molecule has 0 saturated carbocycles. The predicted octanol–water partition coefficient (Wildman–Crippen LogP) is 3.91. The molecular weight excluding hydrogens is 350 g/mol. The molecule has 142 valence electrons. The van der Waals surface area contributed by atoms with Crippen LogP contribution >= 0.6 is 0 Å². The number of para-hydroxylation sites is 1. The highest BCUT2D eigenvalue weighted by atomic mass is 16.1. The predicted molar refractivity (Wildman–Crippen MR) is 111 cm³/mol. The van der Waals surface area contributed by atoms with Gasteiger partial charge in [0.05, 0.1) is 16.8 Å². The maximum atomic E-state index is 12.5. The highest BCUT2D eigenvalue weighted by Crippen LogP contribution is 2.35. The first kappa shape index (κ1) is 17.0. The van der Waals surface area contributed by atoms with Gasteiger partial charge in [0.1, 0.15) is 11.3 Å². The van der Waals surface area contributed by atoms with E-state index in [2.05, 4.69) is 35.5 Å². The van der Waals surface area contributed by atoms with Gasteiger partial charge in [0.25, 0.3) is 5.91 Å². The summed E-state index contributed by atoms with van der Waals surface area (Å²) >= 11 is 0. The van der Waals surface area contributed by atoms with Crippen LogP contribution in [0.25, 0.3) is 22.3 Å². The Hall–Kier alpha value is -3.15. The van der Waals surface area contributed by atoms with Gasteiger partial charge in [0.15, 0.2) is 0 Å². The summed E-state index contributed by atoms with van der Waals surface area (Å²) in [5.41, 5.74) is 7.47. The van der Waals surface area contributed by atoms with Crippen molar-refractivity contribution in [3.8, 4) is 11.3 Å². The van der Waals surface area contributed by atoms with E-state index in [1.807, 2.05) is 31.2 Å². The number of nitrogens with zero attached hydrogens (tertiary/aromatic N) is 2. The van der Waals surface area contributed by atoms with Gasteiger partial charge in [-0.2, -0.15) is 0 Å². The minimum Gasteiger partial charge on any atom is -0.363 e. The Kier molecular flexibility index (Phi) is 3.75. The number of hydrogen-bond donors (Lipinski definition) is 3. The first-order valence-corrected chi connectivity index (χ1v) is 9.72. The van der Waals surface area contributed by atoms with Gasteiger partial charge >= 0.3 is 0 Å². The van der Waals surface area contributed by atoms with Crippen molar-refractivity contribution in [2.24, 2.45) is 0 Å². The number of aryl methyl sites for hydroxylation is 1. The fourth-order valence-corrected chi connectivity index (χ4v) is 4.37. The number of amides is 1. The second-order valence-electron chi connectivity index (χ2n) is 7.90. The number of anilines is 1. The van der Waals surface area contributed by atoms with E-state index in [0.717, 1.165) is 51.5 Å². The third-order valence-corrected chi connectivity index (χ3v) is 5.64. The monoisotopic (exact) mass is 373 g/mol. The standard InChI is InChI=1S/C22H23N5O/c1-11-7-12(2)24-21-13(3)25-17-6-4-5-15(20(17)27-21)18-9-16-19(26-18)14(8-11)10-23-22(16)28/h4-7,9,12,14,26H,8,10H2,1-3H3,(H,23,28)(H,24,27). The third kappa shape index (κ3) is 2.68. The Morgan fingerprint density at radius 1 is 1.14 bits per heavy atom. The molecule has 0 radical (unpaired) electrons. The Morgan fingerprint density at radius 3 is 2.86 bits per heavy atom. The fraction of sp³-hybridized carbons (Fsp3) is 0.318. The van der Waals surface area contributed by atoms with E-state index in [-0.39, 0.29) is 17.9 Å². The highest BCUT2D eigenvalue weighted by molar-refractivity contribution is 6.00. The third-order valence-electron chi connectivity index (χ3n) is 5.64. The van der Waals surface area contributed by atoms with Gasteiger partial charge < -0.3 is 15.6 Å². The van der Waals surface area contributed by atoms with Crippen molar-refractivity contribution in [1.82, 2.24) is 20.3 Å². The fourth-order valence-electron chi connectivity index (χ4n) is 4.37. The van der Waals surface area contributed by atoms with Gasteiger partial charge in [-0.15, -0.1) is 0 Å². The molecule has 4 bridgehead atoms. The van der Waals surface area contributed by atoms with Crippen LogP contribution in [0.5, 0.6) is 0 Å². The van der Waals surface area contributed by atoms with Gasteiger partial charge in [0.2, 0.25) is 0 Å². The normalized spacial score (nSPS) is 21.2. The number of benzene rings is 1. The van der Waals surface area contributed by atoms with Crippen LogP contribution in [-0.4, -0.2) is 33.4 Å². The number of carbonyl (C=O) groups excluding carboxylic acids is 1. The maximum absolute atomic E-state index is 12.5. The Morgan fingerprint density at radius 2 is 2.00 bits per heavy atom. The molecule has 0 saturated heterocycles. The topological polar surface area (TPSA) is 82.7 Å². The van der Waals surface area contributed by atoms with Crippen LogP contribution in [0.4, 0.5) is 5.82 Å². The van der Waals surface area contributed by atoms with Crippen molar-refractivity contribution in [2.45, 2.75) is 39.2 Å². The Balaban J connectivity index is 1.80. The van der Waals surface area contributed by atoms with Crippen molar-refractivity contribution in [3.63, 3.8) is 0 Å². The molecule has 5 rings (SSSR count). The molecule has 0 fully saturated rings. The number of rotatable bonds is 0. The van der Waals surface area contributed by atoms with Gasteiger partial charge in [-0.1, -0.05) is 23.8 Å². The SMILES string of the molecule is CC1=CC(C)Nc2nc3c(cccc3nc2C)-c2cc3c([nH]2)C(CNC3=O)C1. The summed E-state index contributed by atoms with van der Waals surface area (Å²) in [6, 6.07) is 8.09. The average Bonchev–Trinajstić information content (AvgIpc) is 3.10.